The Bertz CT molecular complexity index is 1210. The molecular weight excluding hydrogens is 429 g/mol. The number of ether oxygens (including phenoxy) is 1. The van der Waals surface area contributed by atoms with E-state index in [2.05, 4.69) is 30.3 Å². The van der Waals surface area contributed by atoms with Gasteiger partial charge in [-0.2, -0.15) is 4.39 Å². The molecule has 0 fully saturated rings. The number of nitrogens with one attached hydrogen (secondary N) is 2. The Balaban J connectivity index is 1.76. The Morgan fingerprint density at radius 1 is 1.26 bits per heavy atom. The third-order valence-corrected chi connectivity index (χ3v) is 4.69. The molecule has 0 aliphatic rings. The van der Waals surface area contributed by atoms with Crippen LogP contribution in [0.3, 0.4) is 0 Å². The van der Waals surface area contributed by atoms with Gasteiger partial charge >= 0.3 is 6.09 Å². The second-order valence-electron chi connectivity index (χ2n) is 6.78. The van der Waals surface area contributed by atoms with Crippen LogP contribution in [0.2, 0.25) is 0 Å². The van der Waals surface area contributed by atoms with Crippen molar-refractivity contribution < 1.29 is 22.3 Å². The molecule has 0 aliphatic heterocycles. The number of carbonyl (C=O) groups excluding carboxylic acids is 1. The summed E-state index contributed by atoms with van der Waals surface area (Å²) in [5.74, 6) is -0.530. The number of aryl methyl sites for hydroxylation is 2. The van der Waals surface area contributed by atoms with Gasteiger partial charge in [0.15, 0.2) is 11.5 Å². The Morgan fingerprint density at radius 3 is 2.65 bits per heavy atom. The van der Waals surface area contributed by atoms with Gasteiger partial charge in [0.1, 0.15) is 6.10 Å². The number of sulfonamides is 1. The molecule has 31 heavy (non-hydrogen) atoms. The molecule has 1 atom stereocenters. The number of hydrogen-bond acceptors (Lipinski definition) is 8. The molecular formula is C18H20FN7O4S. The number of halogens is 1. The van der Waals surface area contributed by atoms with E-state index in [0.29, 0.717) is 5.69 Å². The molecule has 0 bridgehead atoms. The van der Waals surface area contributed by atoms with Crippen molar-refractivity contribution in [1.29, 1.82) is 0 Å². The molecule has 164 valence electrons. The van der Waals surface area contributed by atoms with Gasteiger partial charge in [-0.15, -0.1) is 5.10 Å². The number of aromatic nitrogens is 5. The standard InChI is InChI=1S/C18H20FN7O4S/c1-10-7-13(16(19)21-8-10)11(2)30-18(27)22-17-15(23-25-26(17)3)14-6-5-12(9-20-14)24-31(4,28)29/h5-9,11,24H,1-4H3,(H,22,27)/t11-/m1/s1. The summed E-state index contributed by atoms with van der Waals surface area (Å²) in [6.45, 7) is 3.27. The molecule has 1 amide bonds. The summed E-state index contributed by atoms with van der Waals surface area (Å²) < 4.78 is 45.4. The minimum atomic E-state index is -3.44. The predicted molar refractivity (Wildman–Crippen MR) is 110 cm³/mol. The maximum absolute atomic E-state index is 13.9. The van der Waals surface area contributed by atoms with Crippen LogP contribution in [0, 0.1) is 12.9 Å². The maximum atomic E-state index is 13.9. The molecule has 2 N–H and O–H groups in total. The Morgan fingerprint density at radius 2 is 2.00 bits per heavy atom. The molecule has 0 unspecified atom stereocenters. The van der Waals surface area contributed by atoms with Crippen LogP contribution in [0.4, 0.5) is 20.7 Å². The van der Waals surface area contributed by atoms with Crippen molar-refractivity contribution in [2.45, 2.75) is 20.0 Å². The largest absolute Gasteiger partial charge is 0.441 e. The van der Waals surface area contributed by atoms with E-state index in [1.54, 1.807) is 20.0 Å². The fourth-order valence-electron chi connectivity index (χ4n) is 2.69. The quantitative estimate of drug-likeness (QED) is 0.547. The first-order valence-electron chi connectivity index (χ1n) is 8.97. The number of amides is 1. The lowest BCUT2D eigenvalue weighted by atomic mass is 10.1. The third kappa shape index (κ3) is 5.51. The summed E-state index contributed by atoms with van der Waals surface area (Å²) >= 11 is 0. The van der Waals surface area contributed by atoms with Gasteiger partial charge in [0.05, 0.1) is 23.8 Å². The zero-order valence-corrected chi connectivity index (χ0v) is 17.9. The number of carbonyl (C=O) groups is 1. The van der Waals surface area contributed by atoms with Gasteiger partial charge in [0, 0.05) is 18.8 Å². The van der Waals surface area contributed by atoms with Crippen molar-refractivity contribution in [1.82, 2.24) is 25.0 Å². The number of hydrogen-bond donors (Lipinski definition) is 2. The van der Waals surface area contributed by atoms with E-state index in [1.807, 2.05) is 0 Å². The number of pyridine rings is 2. The minimum absolute atomic E-state index is 0.147. The number of nitrogens with zero attached hydrogens (tertiary/aromatic N) is 5. The van der Waals surface area contributed by atoms with E-state index in [-0.39, 0.29) is 22.8 Å². The summed E-state index contributed by atoms with van der Waals surface area (Å²) in [6.07, 6.45) is 1.97. The van der Waals surface area contributed by atoms with Crippen LogP contribution in [-0.4, -0.2) is 45.7 Å². The molecule has 11 nitrogen and oxygen atoms in total. The van der Waals surface area contributed by atoms with Gasteiger partial charge < -0.3 is 4.74 Å². The molecule has 3 rings (SSSR count). The van der Waals surface area contributed by atoms with Gasteiger partial charge in [0.2, 0.25) is 16.0 Å². The predicted octanol–water partition coefficient (Wildman–Crippen LogP) is 2.40. The highest BCUT2D eigenvalue weighted by molar-refractivity contribution is 7.92. The number of rotatable bonds is 6. The first-order valence-corrected chi connectivity index (χ1v) is 10.9. The van der Waals surface area contributed by atoms with E-state index >= 15 is 0 Å². The molecule has 3 heterocycles. The lowest BCUT2D eigenvalue weighted by Gasteiger charge is -2.15. The fourth-order valence-corrected chi connectivity index (χ4v) is 3.24. The molecule has 0 spiro atoms. The summed E-state index contributed by atoms with van der Waals surface area (Å²) in [4.78, 5) is 20.2. The van der Waals surface area contributed by atoms with E-state index in [4.69, 9.17) is 4.74 Å². The first kappa shape index (κ1) is 22.1. The fraction of sp³-hybridized carbons (Fsp3) is 0.278. The summed E-state index contributed by atoms with van der Waals surface area (Å²) in [5.41, 5.74) is 1.72. The first-order chi connectivity index (χ1) is 14.5. The van der Waals surface area contributed by atoms with Crippen LogP contribution >= 0.6 is 0 Å². The van der Waals surface area contributed by atoms with Crippen molar-refractivity contribution >= 4 is 27.6 Å². The average molecular weight is 449 g/mol. The van der Waals surface area contributed by atoms with Crippen LogP contribution in [0.5, 0.6) is 0 Å². The van der Waals surface area contributed by atoms with Crippen LogP contribution < -0.4 is 10.0 Å². The highest BCUT2D eigenvalue weighted by Gasteiger charge is 2.21. The minimum Gasteiger partial charge on any atom is -0.441 e. The Hall–Kier alpha value is -3.61. The highest BCUT2D eigenvalue weighted by atomic mass is 32.2. The van der Waals surface area contributed by atoms with E-state index in [9.17, 15) is 17.6 Å². The van der Waals surface area contributed by atoms with Crippen LogP contribution in [-0.2, 0) is 21.8 Å². The Labute approximate surface area is 177 Å². The molecule has 0 aromatic carbocycles. The summed E-state index contributed by atoms with van der Waals surface area (Å²) in [5, 5.41) is 10.4. The van der Waals surface area contributed by atoms with E-state index < -0.39 is 28.2 Å². The van der Waals surface area contributed by atoms with Gasteiger partial charge in [-0.05, 0) is 37.6 Å². The van der Waals surface area contributed by atoms with Crippen LogP contribution in [0.15, 0.2) is 30.6 Å². The van der Waals surface area contributed by atoms with Crippen LogP contribution in [0.1, 0.15) is 24.2 Å². The molecule has 3 aromatic rings. The molecule has 13 heteroatoms. The van der Waals surface area contributed by atoms with E-state index in [1.165, 1.54) is 36.1 Å². The molecule has 0 aliphatic carbocycles. The normalized spacial score (nSPS) is 12.3. The topological polar surface area (TPSA) is 141 Å². The lowest BCUT2D eigenvalue weighted by Crippen LogP contribution is -2.19. The second kappa shape index (κ2) is 8.63. The van der Waals surface area contributed by atoms with Gasteiger partial charge in [0.25, 0.3) is 0 Å². The van der Waals surface area contributed by atoms with Crippen molar-refractivity contribution in [3.05, 3.63) is 47.7 Å². The maximum Gasteiger partial charge on any atom is 0.413 e. The van der Waals surface area contributed by atoms with Crippen molar-refractivity contribution in [3.8, 4) is 11.4 Å². The van der Waals surface area contributed by atoms with Gasteiger partial charge in [-0.25, -0.2) is 22.9 Å². The molecule has 0 radical (unpaired) electrons. The van der Waals surface area contributed by atoms with Crippen LogP contribution in [0.25, 0.3) is 11.4 Å². The summed E-state index contributed by atoms with van der Waals surface area (Å²) in [6, 6.07) is 4.56. The average Bonchev–Trinajstić information content (AvgIpc) is 3.03. The second-order valence-corrected chi connectivity index (χ2v) is 8.53. The van der Waals surface area contributed by atoms with Crippen molar-refractivity contribution in [3.63, 3.8) is 0 Å². The molecule has 0 saturated heterocycles. The molecule has 0 saturated carbocycles. The van der Waals surface area contributed by atoms with E-state index in [0.717, 1.165) is 11.8 Å². The van der Waals surface area contributed by atoms with Crippen molar-refractivity contribution in [2.24, 2.45) is 7.05 Å². The SMILES string of the molecule is Cc1cnc(F)c([C@@H](C)OC(=O)Nc2c(-c3ccc(NS(C)(=O)=O)cn3)nnn2C)c1. The third-order valence-electron chi connectivity index (χ3n) is 4.08. The lowest BCUT2D eigenvalue weighted by molar-refractivity contribution is 0.118. The van der Waals surface area contributed by atoms with Gasteiger partial charge in [-0.3, -0.25) is 15.0 Å². The smallest absolute Gasteiger partial charge is 0.413 e. The zero-order chi connectivity index (χ0) is 22.8. The zero-order valence-electron chi connectivity index (χ0n) is 17.1. The summed E-state index contributed by atoms with van der Waals surface area (Å²) in [7, 11) is -1.89. The van der Waals surface area contributed by atoms with Gasteiger partial charge in [-0.1, -0.05) is 5.21 Å². The highest BCUT2D eigenvalue weighted by Crippen LogP contribution is 2.26. The monoisotopic (exact) mass is 449 g/mol. The van der Waals surface area contributed by atoms with Crippen molar-refractivity contribution in [2.75, 3.05) is 16.3 Å². The number of anilines is 2. The molecule has 3 aromatic heterocycles. The Kier molecular flexibility index (Phi) is 6.15.